The lowest BCUT2D eigenvalue weighted by Crippen LogP contribution is -2.47. The molecule has 0 aliphatic carbocycles. The molecule has 0 saturated carbocycles. The molecule has 1 heterocycles. The maximum Gasteiger partial charge on any atom is 0.225 e. The number of ether oxygens (including phenoxy) is 1. The number of nitrogens with zero attached hydrogens (tertiary/aromatic N) is 1. The van der Waals surface area contributed by atoms with Gasteiger partial charge in [-0.25, -0.2) is 0 Å². The van der Waals surface area contributed by atoms with E-state index in [1.165, 1.54) is 6.42 Å². The minimum atomic E-state index is 0.104. The lowest BCUT2D eigenvalue weighted by molar-refractivity contribution is -0.139. The van der Waals surface area contributed by atoms with Crippen LogP contribution in [0.2, 0.25) is 0 Å². The Morgan fingerprint density at radius 1 is 1.50 bits per heavy atom. The second kappa shape index (κ2) is 5.35. The van der Waals surface area contributed by atoms with Crippen molar-refractivity contribution < 1.29 is 9.53 Å². The van der Waals surface area contributed by atoms with Gasteiger partial charge in [0.25, 0.3) is 0 Å². The van der Waals surface area contributed by atoms with Crippen molar-refractivity contribution in [2.45, 2.75) is 39.2 Å². The first-order chi connectivity index (χ1) is 6.66. The fraction of sp³-hybridized carbons (Fsp3) is 0.909. The predicted octanol–water partition coefficient (Wildman–Crippen LogP) is 1.67. The smallest absolute Gasteiger partial charge is 0.225 e. The Morgan fingerprint density at radius 2 is 2.21 bits per heavy atom. The summed E-state index contributed by atoms with van der Waals surface area (Å²) in [5.41, 5.74) is 0. The zero-order chi connectivity index (χ0) is 10.6. The molecule has 0 spiro atoms. The molecule has 1 fully saturated rings. The maximum atomic E-state index is 11.9. The topological polar surface area (TPSA) is 29.5 Å². The van der Waals surface area contributed by atoms with Crippen LogP contribution in [0.25, 0.3) is 0 Å². The van der Waals surface area contributed by atoms with Crippen molar-refractivity contribution >= 4 is 5.91 Å². The van der Waals surface area contributed by atoms with E-state index in [1.54, 1.807) is 7.11 Å². The van der Waals surface area contributed by atoms with Gasteiger partial charge in [-0.15, -0.1) is 0 Å². The molecule has 0 radical (unpaired) electrons. The SMILES string of the molecule is COCC1CCCCN1C(=O)C(C)C. The highest BCUT2D eigenvalue weighted by molar-refractivity contribution is 5.78. The summed E-state index contributed by atoms with van der Waals surface area (Å²) in [6.07, 6.45) is 3.45. The third-order valence-corrected chi connectivity index (χ3v) is 2.76. The van der Waals surface area contributed by atoms with Crippen molar-refractivity contribution in [3.8, 4) is 0 Å². The number of hydrogen-bond donors (Lipinski definition) is 0. The van der Waals surface area contributed by atoms with E-state index < -0.39 is 0 Å². The predicted molar refractivity (Wildman–Crippen MR) is 56.1 cm³/mol. The van der Waals surface area contributed by atoms with Crippen LogP contribution in [0.1, 0.15) is 33.1 Å². The van der Waals surface area contributed by atoms with E-state index in [4.69, 9.17) is 4.74 Å². The number of carbonyl (C=O) groups is 1. The molecule has 14 heavy (non-hydrogen) atoms. The van der Waals surface area contributed by atoms with Crippen molar-refractivity contribution in [3.05, 3.63) is 0 Å². The van der Waals surface area contributed by atoms with E-state index >= 15 is 0 Å². The molecule has 1 aliphatic rings. The minimum absolute atomic E-state index is 0.104. The molecule has 1 unspecified atom stereocenters. The Balaban J connectivity index is 2.57. The fourth-order valence-electron chi connectivity index (χ4n) is 1.99. The van der Waals surface area contributed by atoms with Gasteiger partial charge in [0.1, 0.15) is 0 Å². The molecule has 0 bridgehead atoms. The van der Waals surface area contributed by atoms with Gasteiger partial charge in [0.2, 0.25) is 5.91 Å². The molecular weight excluding hydrogens is 178 g/mol. The molecule has 1 aliphatic heterocycles. The summed E-state index contributed by atoms with van der Waals surface area (Å²) in [6.45, 7) is 5.51. The Kier molecular flexibility index (Phi) is 4.39. The summed E-state index contributed by atoms with van der Waals surface area (Å²) >= 11 is 0. The van der Waals surface area contributed by atoms with Crippen molar-refractivity contribution in [2.75, 3.05) is 20.3 Å². The largest absolute Gasteiger partial charge is 0.383 e. The molecule has 0 aromatic rings. The standard InChI is InChI=1S/C11H21NO2/c1-9(2)11(13)12-7-5-4-6-10(12)8-14-3/h9-10H,4-8H2,1-3H3. The fourth-order valence-corrected chi connectivity index (χ4v) is 1.99. The molecule has 3 heteroatoms. The van der Waals surface area contributed by atoms with E-state index in [9.17, 15) is 4.79 Å². The molecule has 0 aromatic heterocycles. The van der Waals surface area contributed by atoms with Crippen LogP contribution in [0, 0.1) is 5.92 Å². The van der Waals surface area contributed by atoms with Crippen molar-refractivity contribution in [2.24, 2.45) is 5.92 Å². The second-order valence-electron chi connectivity index (χ2n) is 4.29. The van der Waals surface area contributed by atoms with E-state index in [2.05, 4.69) is 0 Å². The summed E-state index contributed by atoms with van der Waals surface area (Å²) in [5.74, 6) is 0.374. The summed E-state index contributed by atoms with van der Waals surface area (Å²) in [5, 5.41) is 0. The number of carbonyl (C=O) groups excluding carboxylic acids is 1. The van der Waals surface area contributed by atoms with E-state index in [0.29, 0.717) is 12.6 Å². The van der Waals surface area contributed by atoms with Gasteiger partial charge >= 0.3 is 0 Å². The number of piperidine rings is 1. The average molecular weight is 199 g/mol. The quantitative estimate of drug-likeness (QED) is 0.692. The Labute approximate surface area is 86.4 Å². The summed E-state index contributed by atoms with van der Waals surface area (Å²) in [7, 11) is 1.70. The van der Waals surface area contributed by atoms with Crippen LogP contribution in [-0.2, 0) is 9.53 Å². The normalized spacial score (nSPS) is 22.9. The van der Waals surface area contributed by atoms with Crippen LogP contribution < -0.4 is 0 Å². The molecule has 1 amide bonds. The molecular formula is C11H21NO2. The maximum absolute atomic E-state index is 11.9. The number of rotatable bonds is 3. The summed E-state index contributed by atoms with van der Waals surface area (Å²) in [4.78, 5) is 13.9. The Bertz CT molecular complexity index is 190. The number of hydrogen-bond acceptors (Lipinski definition) is 2. The molecule has 82 valence electrons. The Hall–Kier alpha value is -0.570. The molecule has 1 atom stereocenters. The zero-order valence-electron chi connectivity index (χ0n) is 9.45. The van der Waals surface area contributed by atoms with Gasteiger partial charge in [0, 0.05) is 19.6 Å². The van der Waals surface area contributed by atoms with Crippen molar-refractivity contribution in [3.63, 3.8) is 0 Å². The molecule has 1 saturated heterocycles. The molecule has 0 N–H and O–H groups in total. The first-order valence-corrected chi connectivity index (χ1v) is 5.46. The van der Waals surface area contributed by atoms with E-state index in [0.717, 1.165) is 19.4 Å². The monoisotopic (exact) mass is 199 g/mol. The van der Waals surface area contributed by atoms with Gasteiger partial charge in [-0.05, 0) is 19.3 Å². The van der Waals surface area contributed by atoms with Gasteiger partial charge in [-0.1, -0.05) is 13.8 Å². The second-order valence-corrected chi connectivity index (χ2v) is 4.29. The highest BCUT2D eigenvalue weighted by Gasteiger charge is 2.27. The highest BCUT2D eigenvalue weighted by Crippen LogP contribution is 2.19. The molecule has 0 aromatic carbocycles. The van der Waals surface area contributed by atoms with Crippen LogP contribution in [0.3, 0.4) is 0 Å². The highest BCUT2D eigenvalue weighted by atomic mass is 16.5. The molecule has 3 nitrogen and oxygen atoms in total. The summed E-state index contributed by atoms with van der Waals surface area (Å²) in [6, 6.07) is 0.309. The third-order valence-electron chi connectivity index (χ3n) is 2.76. The van der Waals surface area contributed by atoms with Gasteiger partial charge in [-0.3, -0.25) is 4.79 Å². The first kappa shape index (κ1) is 11.5. The van der Waals surface area contributed by atoms with Crippen LogP contribution >= 0.6 is 0 Å². The minimum Gasteiger partial charge on any atom is -0.383 e. The van der Waals surface area contributed by atoms with E-state index in [-0.39, 0.29) is 11.8 Å². The zero-order valence-corrected chi connectivity index (χ0v) is 9.45. The number of methoxy groups -OCH3 is 1. The van der Waals surface area contributed by atoms with Crippen LogP contribution in [-0.4, -0.2) is 37.1 Å². The Morgan fingerprint density at radius 3 is 2.79 bits per heavy atom. The lowest BCUT2D eigenvalue weighted by atomic mass is 10.0. The van der Waals surface area contributed by atoms with Crippen LogP contribution in [0.15, 0.2) is 0 Å². The first-order valence-electron chi connectivity index (χ1n) is 5.46. The summed E-state index contributed by atoms with van der Waals surface area (Å²) < 4.78 is 5.15. The molecule has 1 rings (SSSR count). The van der Waals surface area contributed by atoms with Crippen molar-refractivity contribution in [1.82, 2.24) is 4.90 Å². The van der Waals surface area contributed by atoms with Crippen LogP contribution in [0.5, 0.6) is 0 Å². The van der Waals surface area contributed by atoms with Crippen molar-refractivity contribution in [1.29, 1.82) is 0 Å². The van der Waals surface area contributed by atoms with Crippen LogP contribution in [0.4, 0.5) is 0 Å². The third kappa shape index (κ3) is 2.71. The van der Waals surface area contributed by atoms with Gasteiger partial charge in [0.05, 0.1) is 12.6 Å². The van der Waals surface area contributed by atoms with Gasteiger partial charge < -0.3 is 9.64 Å². The van der Waals surface area contributed by atoms with Gasteiger partial charge in [-0.2, -0.15) is 0 Å². The average Bonchev–Trinajstić information content (AvgIpc) is 2.18. The van der Waals surface area contributed by atoms with E-state index in [1.807, 2.05) is 18.7 Å². The number of amides is 1. The van der Waals surface area contributed by atoms with Gasteiger partial charge in [0.15, 0.2) is 0 Å². The number of likely N-dealkylation sites (tertiary alicyclic amines) is 1. The lowest BCUT2D eigenvalue weighted by Gasteiger charge is -2.36.